The van der Waals surface area contributed by atoms with Gasteiger partial charge in [0.05, 0.1) is 30.2 Å². The Hall–Kier alpha value is -4.89. The molecule has 0 radical (unpaired) electrons. The molecule has 44 heavy (non-hydrogen) atoms. The van der Waals surface area contributed by atoms with Crippen LogP contribution in [0, 0.1) is 0 Å². The number of amides is 1. The fraction of sp³-hybridized carbons (Fsp3) is 0.235. The topological polar surface area (TPSA) is 92.6 Å². The molecule has 3 heterocycles. The number of halogens is 1. The van der Waals surface area contributed by atoms with Gasteiger partial charge in [0, 0.05) is 24.0 Å². The van der Waals surface area contributed by atoms with Gasteiger partial charge < -0.3 is 19.9 Å². The first kappa shape index (κ1) is 29.2. The third-order valence-electron chi connectivity index (χ3n) is 7.92. The summed E-state index contributed by atoms with van der Waals surface area (Å²) in [5.41, 5.74) is 2.63. The standard InChI is InChI=1S/C34H33ClN6O3/c1-21(2)40-20-39(18-23-13-15-26(44-4)16-14-23)32-30(33(40)42)31(36-19-37-32)38-22(3)28-17-24-9-8-12-27(35)29(24)34(43)41(28)25-10-6-5-7-11-25/h5-17,19,21-22H,18,20H2,1-4H3,(H,36,37,38). The van der Waals surface area contributed by atoms with E-state index in [-0.39, 0.29) is 17.5 Å². The van der Waals surface area contributed by atoms with Crippen molar-refractivity contribution >= 4 is 39.9 Å². The van der Waals surface area contributed by atoms with Gasteiger partial charge in [0.2, 0.25) is 0 Å². The minimum absolute atomic E-state index is 0.0482. The van der Waals surface area contributed by atoms with Crippen LogP contribution in [-0.4, -0.2) is 45.2 Å². The minimum atomic E-state index is -0.428. The number of carbonyl (C=O) groups excluding carboxylic acids is 1. The molecule has 9 nitrogen and oxygen atoms in total. The number of fused-ring (bicyclic) bond motifs is 2. The van der Waals surface area contributed by atoms with E-state index < -0.39 is 6.04 Å². The number of nitrogens with zero attached hydrogens (tertiary/aromatic N) is 5. The molecule has 0 spiro atoms. The number of rotatable bonds is 8. The number of para-hydroxylation sites is 1. The molecular formula is C34H33ClN6O3. The van der Waals surface area contributed by atoms with E-state index in [1.165, 1.54) is 6.33 Å². The number of carbonyl (C=O) groups is 1. The maximum atomic E-state index is 13.9. The Morgan fingerprint density at radius 2 is 1.70 bits per heavy atom. The SMILES string of the molecule is COc1ccc(CN2CN(C(C)C)C(=O)c3c(NC(C)c4cc5cccc(Cl)c5c(=O)n4-c4ccccc4)ncnc32)cc1. The first-order valence-electron chi connectivity index (χ1n) is 14.5. The molecular weight excluding hydrogens is 576 g/mol. The van der Waals surface area contributed by atoms with Crippen molar-refractivity contribution in [3.63, 3.8) is 0 Å². The lowest BCUT2D eigenvalue weighted by Gasteiger charge is -2.39. The summed E-state index contributed by atoms with van der Waals surface area (Å²) >= 11 is 6.51. The molecule has 0 saturated carbocycles. The summed E-state index contributed by atoms with van der Waals surface area (Å²) < 4.78 is 6.98. The Morgan fingerprint density at radius 1 is 0.955 bits per heavy atom. The number of aromatic nitrogens is 3. The van der Waals surface area contributed by atoms with Gasteiger partial charge in [-0.05, 0) is 68.1 Å². The second kappa shape index (κ2) is 12.0. The fourth-order valence-corrected chi connectivity index (χ4v) is 5.90. The molecule has 0 fully saturated rings. The number of hydrogen-bond donors (Lipinski definition) is 1. The third kappa shape index (κ3) is 5.35. The largest absolute Gasteiger partial charge is 0.497 e. The first-order chi connectivity index (χ1) is 21.3. The summed E-state index contributed by atoms with van der Waals surface area (Å²) in [6.45, 7) is 6.86. The molecule has 1 aliphatic rings. The lowest BCUT2D eigenvalue weighted by molar-refractivity contribution is 0.0687. The van der Waals surface area contributed by atoms with E-state index in [1.807, 2.05) is 98.5 Å². The van der Waals surface area contributed by atoms with Gasteiger partial charge >= 0.3 is 0 Å². The van der Waals surface area contributed by atoms with Crippen molar-refractivity contribution in [2.75, 3.05) is 24.0 Å². The number of hydrogen-bond acceptors (Lipinski definition) is 7. The zero-order valence-corrected chi connectivity index (χ0v) is 25.7. The molecule has 1 aliphatic heterocycles. The number of pyridine rings is 1. The van der Waals surface area contributed by atoms with E-state index >= 15 is 0 Å². The number of ether oxygens (including phenoxy) is 1. The van der Waals surface area contributed by atoms with Crippen LogP contribution in [0.15, 0.2) is 90.0 Å². The fourth-order valence-electron chi connectivity index (χ4n) is 5.64. The Kier molecular flexibility index (Phi) is 7.97. The van der Waals surface area contributed by atoms with Crippen LogP contribution in [0.25, 0.3) is 16.5 Å². The van der Waals surface area contributed by atoms with Gasteiger partial charge in [-0.2, -0.15) is 0 Å². The molecule has 0 aliphatic carbocycles. The van der Waals surface area contributed by atoms with Crippen LogP contribution in [0.1, 0.15) is 48.4 Å². The first-order valence-corrected chi connectivity index (χ1v) is 14.8. The summed E-state index contributed by atoms with van der Waals surface area (Å²) in [5.74, 6) is 1.58. The average Bonchev–Trinajstić information content (AvgIpc) is 3.02. The van der Waals surface area contributed by atoms with Crippen LogP contribution in [0.5, 0.6) is 5.75 Å². The summed E-state index contributed by atoms with van der Waals surface area (Å²) in [6.07, 6.45) is 1.47. The smallest absolute Gasteiger partial charge is 0.264 e. The maximum absolute atomic E-state index is 13.9. The monoisotopic (exact) mass is 608 g/mol. The lowest BCUT2D eigenvalue weighted by atomic mass is 10.1. The predicted molar refractivity (Wildman–Crippen MR) is 174 cm³/mol. The molecule has 1 atom stereocenters. The summed E-state index contributed by atoms with van der Waals surface area (Å²) in [5, 5.41) is 5.03. The molecule has 224 valence electrons. The summed E-state index contributed by atoms with van der Waals surface area (Å²) in [4.78, 5) is 40.9. The highest BCUT2D eigenvalue weighted by molar-refractivity contribution is 6.35. The third-order valence-corrected chi connectivity index (χ3v) is 8.23. The zero-order chi connectivity index (χ0) is 31.0. The van der Waals surface area contributed by atoms with Gasteiger partial charge in [0.1, 0.15) is 29.3 Å². The van der Waals surface area contributed by atoms with Crippen LogP contribution < -0.4 is 20.5 Å². The Balaban J connectivity index is 1.43. The highest BCUT2D eigenvalue weighted by atomic mass is 35.5. The van der Waals surface area contributed by atoms with Crippen molar-refractivity contribution in [2.45, 2.75) is 39.4 Å². The van der Waals surface area contributed by atoms with Crippen molar-refractivity contribution in [1.82, 2.24) is 19.4 Å². The van der Waals surface area contributed by atoms with Crippen LogP contribution in [0.3, 0.4) is 0 Å². The number of anilines is 2. The van der Waals surface area contributed by atoms with Gasteiger partial charge in [0.25, 0.3) is 11.5 Å². The normalized spacial score (nSPS) is 13.7. The van der Waals surface area contributed by atoms with Crippen molar-refractivity contribution < 1.29 is 9.53 Å². The van der Waals surface area contributed by atoms with Crippen LogP contribution in [0.2, 0.25) is 5.02 Å². The Bertz CT molecular complexity index is 1890. The minimum Gasteiger partial charge on any atom is -0.497 e. The summed E-state index contributed by atoms with van der Waals surface area (Å²) in [7, 11) is 1.64. The van der Waals surface area contributed by atoms with Gasteiger partial charge in [-0.25, -0.2) is 9.97 Å². The van der Waals surface area contributed by atoms with Crippen LogP contribution in [-0.2, 0) is 6.54 Å². The second-order valence-electron chi connectivity index (χ2n) is 11.1. The summed E-state index contributed by atoms with van der Waals surface area (Å²) in [6, 6.07) is 24.2. The molecule has 2 aromatic heterocycles. The van der Waals surface area contributed by atoms with E-state index in [1.54, 1.807) is 17.7 Å². The molecule has 5 aromatic rings. The number of benzene rings is 3. The Labute approximate surface area is 260 Å². The Morgan fingerprint density at radius 3 is 2.41 bits per heavy atom. The highest BCUT2D eigenvalue weighted by Crippen LogP contribution is 2.34. The van der Waals surface area contributed by atoms with Crippen molar-refractivity contribution in [2.24, 2.45) is 0 Å². The molecule has 10 heteroatoms. The highest BCUT2D eigenvalue weighted by Gasteiger charge is 2.35. The van der Waals surface area contributed by atoms with Gasteiger partial charge in [-0.1, -0.05) is 54.1 Å². The van der Waals surface area contributed by atoms with E-state index in [2.05, 4.69) is 20.2 Å². The number of nitrogens with one attached hydrogen (secondary N) is 1. The second-order valence-corrected chi connectivity index (χ2v) is 11.5. The molecule has 0 saturated heterocycles. The maximum Gasteiger partial charge on any atom is 0.264 e. The molecule has 1 N–H and O–H groups in total. The van der Waals surface area contributed by atoms with Crippen molar-refractivity contribution in [3.8, 4) is 11.4 Å². The zero-order valence-electron chi connectivity index (χ0n) is 25.0. The van der Waals surface area contributed by atoms with E-state index in [4.69, 9.17) is 16.3 Å². The van der Waals surface area contributed by atoms with Gasteiger partial charge in [-0.15, -0.1) is 0 Å². The van der Waals surface area contributed by atoms with Crippen LogP contribution >= 0.6 is 11.6 Å². The van der Waals surface area contributed by atoms with Gasteiger partial charge in [-0.3, -0.25) is 14.2 Å². The lowest BCUT2D eigenvalue weighted by Crippen LogP contribution is -2.50. The molecule has 0 bridgehead atoms. The predicted octanol–water partition coefficient (Wildman–Crippen LogP) is 6.44. The number of methoxy groups -OCH3 is 1. The average molecular weight is 609 g/mol. The molecule has 1 unspecified atom stereocenters. The van der Waals surface area contributed by atoms with E-state index in [9.17, 15) is 9.59 Å². The van der Waals surface area contributed by atoms with E-state index in [0.29, 0.717) is 52.2 Å². The van der Waals surface area contributed by atoms with Crippen LogP contribution in [0.4, 0.5) is 11.6 Å². The molecule has 3 aromatic carbocycles. The van der Waals surface area contributed by atoms with Crippen molar-refractivity contribution in [1.29, 1.82) is 0 Å². The molecule has 6 rings (SSSR count). The van der Waals surface area contributed by atoms with Crippen molar-refractivity contribution in [3.05, 3.63) is 117 Å². The molecule has 1 amide bonds. The van der Waals surface area contributed by atoms with Gasteiger partial charge in [0.15, 0.2) is 0 Å². The van der Waals surface area contributed by atoms with E-state index in [0.717, 1.165) is 16.7 Å². The quantitative estimate of drug-likeness (QED) is 0.217.